The average Bonchev–Trinajstić information content (AvgIpc) is 2.03. The molecule has 0 atom stereocenters. The van der Waals surface area contributed by atoms with Gasteiger partial charge in [0.2, 0.25) is 0 Å². The Morgan fingerprint density at radius 2 is 1.75 bits per heavy atom. The van der Waals surface area contributed by atoms with Crippen LogP contribution in [0.3, 0.4) is 0 Å². The molecule has 0 aromatic heterocycles. The smallest absolute Gasteiger partial charge is 0.424 e. The van der Waals surface area contributed by atoms with Crippen LogP contribution in [0, 0.1) is 6.92 Å². The van der Waals surface area contributed by atoms with Gasteiger partial charge in [-0.15, -0.1) is 0 Å². The first-order valence-electron chi connectivity index (χ1n) is 3.79. The van der Waals surface area contributed by atoms with E-state index in [2.05, 4.69) is 0 Å². The van der Waals surface area contributed by atoms with E-state index in [0.29, 0.717) is 0 Å². The molecule has 0 saturated heterocycles. The lowest BCUT2D eigenvalue weighted by Gasteiger charge is -1.93. The number of hydrogen-bond acceptors (Lipinski definition) is 2. The quantitative estimate of drug-likeness (QED) is 0.637. The van der Waals surface area contributed by atoms with E-state index in [9.17, 15) is 0 Å². The van der Waals surface area contributed by atoms with E-state index in [1.165, 1.54) is 11.5 Å². The van der Waals surface area contributed by atoms with E-state index >= 15 is 0 Å². The van der Waals surface area contributed by atoms with E-state index in [1.54, 1.807) is 6.08 Å². The molecule has 0 fully saturated rings. The Morgan fingerprint density at radius 1 is 1.17 bits per heavy atom. The minimum absolute atomic E-state index is 0.966. The van der Waals surface area contributed by atoms with Crippen molar-refractivity contribution >= 4 is 13.2 Å². The first-order valence-corrected chi connectivity index (χ1v) is 3.79. The minimum Gasteiger partial charge on any atom is -0.424 e. The van der Waals surface area contributed by atoms with Crippen LogP contribution >= 0.6 is 0 Å². The summed E-state index contributed by atoms with van der Waals surface area (Å²) < 4.78 is 0. The second-order valence-electron chi connectivity index (χ2n) is 2.68. The molecular formula is C9H11BO2. The molecular weight excluding hydrogens is 151 g/mol. The fourth-order valence-electron chi connectivity index (χ4n) is 0.875. The predicted octanol–water partition coefficient (Wildman–Crippen LogP) is 1.02. The average molecular weight is 162 g/mol. The molecule has 0 aliphatic rings. The highest BCUT2D eigenvalue weighted by molar-refractivity contribution is 6.48. The van der Waals surface area contributed by atoms with Crippen LogP contribution in [0.25, 0.3) is 6.08 Å². The van der Waals surface area contributed by atoms with Gasteiger partial charge in [0.1, 0.15) is 0 Å². The van der Waals surface area contributed by atoms with Gasteiger partial charge in [0, 0.05) is 0 Å². The molecule has 1 aromatic carbocycles. The molecule has 0 bridgehead atoms. The number of aryl methyl sites for hydroxylation is 1. The van der Waals surface area contributed by atoms with Crippen molar-refractivity contribution in [3.63, 3.8) is 0 Å². The summed E-state index contributed by atoms with van der Waals surface area (Å²) in [4.78, 5) is 0. The molecule has 0 radical (unpaired) electrons. The Kier molecular flexibility index (Phi) is 3.08. The third-order valence-corrected chi connectivity index (χ3v) is 1.54. The fraction of sp³-hybridized carbons (Fsp3) is 0.111. The van der Waals surface area contributed by atoms with Crippen molar-refractivity contribution in [1.82, 2.24) is 0 Å². The maximum atomic E-state index is 8.54. The molecule has 0 amide bonds. The van der Waals surface area contributed by atoms with Gasteiger partial charge >= 0.3 is 7.12 Å². The highest BCUT2D eigenvalue weighted by atomic mass is 16.4. The molecule has 2 nitrogen and oxygen atoms in total. The monoisotopic (exact) mass is 162 g/mol. The van der Waals surface area contributed by atoms with Crippen LogP contribution < -0.4 is 0 Å². The van der Waals surface area contributed by atoms with Gasteiger partial charge in [0.15, 0.2) is 0 Å². The van der Waals surface area contributed by atoms with Gasteiger partial charge in [0.05, 0.1) is 0 Å². The molecule has 62 valence electrons. The standard InChI is InChI=1S/C9H11BO2/c1-8-2-4-9(5-3-8)6-7-10(11)12/h2-7,11-12H,1H3. The Hall–Kier alpha value is -1.06. The number of benzene rings is 1. The molecule has 1 aromatic rings. The van der Waals surface area contributed by atoms with Crippen LogP contribution in [-0.4, -0.2) is 17.2 Å². The molecule has 1 rings (SSSR count). The van der Waals surface area contributed by atoms with Crippen molar-refractivity contribution in [3.8, 4) is 0 Å². The molecule has 3 heteroatoms. The van der Waals surface area contributed by atoms with Gasteiger partial charge in [0.25, 0.3) is 0 Å². The fourth-order valence-corrected chi connectivity index (χ4v) is 0.875. The van der Waals surface area contributed by atoms with Gasteiger partial charge in [-0.05, 0) is 12.5 Å². The van der Waals surface area contributed by atoms with Crippen LogP contribution in [0.5, 0.6) is 0 Å². The largest absolute Gasteiger partial charge is 0.480 e. The third-order valence-electron chi connectivity index (χ3n) is 1.54. The summed E-state index contributed by atoms with van der Waals surface area (Å²) in [5.74, 6) is 1.32. The van der Waals surface area contributed by atoms with Gasteiger partial charge in [-0.3, -0.25) is 0 Å². The number of hydrogen-bond donors (Lipinski definition) is 2. The van der Waals surface area contributed by atoms with Crippen LogP contribution in [0.4, 0.5) is 0 Å². The van der Waals surface area contributed by atoms with Gasteiger partial charge < -0.3 is 10.0 Å². The van der Waals surface area contributed by atoms with Crippen molar-refractivity contribution in [3.05, 3.63) is 41.4 Å². The van der Waals surface area contributed by atoms with Gasteiger partial charge in [-0.2, -0.15) is 0 Å². The summed E-state index contributed by atoms with van der Waals surface area (Å²) in [5.41, 5.74) is 2.16. The first kappa shape index (κ1) is 9.04. The van der Waals surface area contributed by atoms with E-state index < -0.39 is 7.12 Å². The molecule has 0 heterocycles. The predicted molar refractivity (Wildman–Crippen MR) is 50.4 cm³/mol. The lowest BCUT2D eigenvalue weighted by Crippen LogP contribution is -2.05. The zero-order chi connectivity index (χ0) is 8.97. The summed E-state index contributed by atoms with van der Waals surface area (Å²) in [6.45, 7) is 2.01. The van der Waals surface area contributed by atoms with E-state index in [-0.39, 0.29) is 0 Å². The molecule has 0 spiro atoms. The van der Waals surface area contributed by atoms with Crippen molar-refractivity contribution in [2.75, 3.05) is 0 Å². The maximum absolute atomic E-state index is 8.54. The molecule has 12 heavy (non-hydrogen) atoms. The van der Waals surface area contributed by atoms with Crippen LogP contribution in [0.15, 0.2) is 30.2 Å². The lowest BCUT2D eigenvalue weighted by atomic mass is 9.91. The zero-order valence-electron chi connectivity index (χ0n) is 6.94. The van der Waals surface area contributed by atoms with Gasteiger partial charge in [-0.25, -0.2) is 0 Å². The van der Waals surface area contributed by atoms with E-state index in [0.717, 1.165) is 5.56 Å². The van der Waals surface area contributed by atoms with Crippen molar-refractivity contribution in [2.24, 2.45) is 0 Å². The van der Waals surface area contributed by atoms with Gasteiger partial charge in [-0.1, -0.05) is 41.9 Å². The molecule has 2 N–H and O–H groups in total. The van der Waals surface area contributed by atoms with Crippen molar-refractivity contribution < 1.29 is 10.0 Å². The SMILES string of the molecule is Cc1ccc(C=CB(O)O)cc1. The zero-order valence-corrected chi connectivity index (χ0v) is 6.94. The Morgan fingerprint density at radius 3 is 2.25 bits per heavy atom. The van der Waals surface area contributed by atoms with Crippen LogP contribution in [0.2, 0.25) is 0 Å². The van der Waals surface area contributed by atoms with Crippen molar-refractivity contribution in [1.29, 1.82) is 0 Å². The molecule has 0 unspecified atom stereocenters. The molecule has 0 aliphatic heterocycles. The summed E-state index contributed by atoms with van der Waals surface area (Å²) >= 11 is 0. The second kappa shape index (κ2) is 4.09. The second-order valence-corrected chi connectivity index (χ2v) is 2.68. The normalized spacial score (nSPS) is 10.6. The Bertz CT molecular complexity index is 264. The van der Waals surface area contributed by atoms with Crippen LogP contribution in [0.1, 0.15) is 11.1 Å². The summed E-state index contributed by atoms with van der Waals surface area (Å²) in [5, 5.41) is 17.1. The topological polar surface area (TPSA) is 40.5 Å². The maximum Gasteiger partial charge on any atom is 0.480 e. The molecule has 0 saturated carbocycles. The Labute approximate surface area is 72.3 Å². The van der Waals surface area contributed by atoms with Crippen LogP contribution in [-0.2, 0) is 0 Å². The molecule has 0 aliphatic carbocycles. The summed E-state index contributed by atoms with van der Waals surface area (Å²) in [6.07, 6.45) is 1.67. The summed E-state index contributed by atoms with van der Waals surface area (Å²) in [6, 6.07) is 7.80. The third kappa shape index (κ3) is 2.90. The first-order chi connectivity index (χ1) is 5.68. The number of rotatable bonds is 2. The highest BCUT2D eigenvalue weighted by Gasteiger charge is 1.97. The van der Waals surface area contributed by atoms with Crippen molar-refractivity contribution in [2.45, 2.75) is 6.92 Å². The summed E-state index contributed by atoms with van der Waals surface area (Å²) in [7, 11) is -1.37. The lowest BCUT2D eigenvalue weighted by molar-refractivity contribution is 0.424. The highest BCUT2D eigenvalue weighted by Crippen LogP contribution is 2.04. The Balaban J connectivity index is 2.71. The van der Waals surface area contributed by atoms with E-state index in [4.69, 9.17) is 10.0 Å². The minimum atomic E-state index is -1.37. The van der Waals surface area contributed by atoms with E-state index in [1.807, 2.05) is 31.2 Å².